The van der Waals surface area contributed by atoms with Crippen LogP contribution in [0.5, 0.6) is 0 Å². The number of halogens is 1. The summed E-state index contributed by atoms with van der Waals surface area (Å²) in [6, 6.07) is 0. The minimum Gasteiger partial charge on any atom is -0.376 e. The molecule has 14 heavy (non-hydrogen) atoms. The van der Waals surface area contributed by atoms with Gasteiger partial charge in [-0.15, -0.1) is 0 Å². The lowest BCUT2D eigenvalue weighted by atomic mass is 9.76. The molecule has 0 radical (unpaired) electrons. The Labute approximate surface area is 92.6 Å². The summed E-state index contributed by atoms with van der Waals surface area (Å²) < 4.78 is 0.797. The number of allylic oxidation sites excluding steroid dienone is 4. The smallest absolute Gasteiger partial charge is 0.139 e. The highest BCUT2D eigenvalue weighted by Crippen LogP contribution is 2.41. The maximum absolute atomic E-state index is 10.4. The average molecular weight is 253 g/mol. The van der Waals surface area contributed by atoms with Gasteiger partial charge in [0.2, 0.25) is 0 Å². The Kier molecular flexibility index (Phi) is 2.09. The van der Waals surface area contributed by atoms with Crippen LogP contribution in [0, 0.1) is 5.41 Å². The van der Waals surface area contributed by atoms with E-state index in [4.69, 9.17) is 0 Å². The van der Waals surface area contributed by atoms with Gasteiger partial charge < -0.3 is 5.11 Å². The van der Waals surface area contributed by atoms with Crippen molar-refractivity contribution < 1.29 is 5.11 Å². The largest absolute Gasteiger partial charge is 0.376 e. The number of hydrogen-bond acceptors (Lipinski definition) is 1. The molecule has 2 aliphatic rings. The molecule has 1 atom stereocenters. The normalized spacial score (nSPS) is 33.4. The fourth-order valence-electron chi connectivity index (χ4n) is 1.75. The summed E-state index contributed by atoms with van der Waals surface area (Å²) in [7, 11) is 0. The second-order valence-electron chi connectivity index (χ2n) is 4.39. The molecule has 1 N–H and O–H groups in total. The summed E-state index contributed by atoms with van der Waals surface area (Å²) in [5.41, 5.74) is 0.0280. The Morgan fingerprint density at radius 2 is 2.00 bits per heavy atom. The van der Waals surface area contributed by atoms with E-state index in [-0.39, 0.29) is 5.41 Å². The first-order valence-electron chi connectivity index (χ1n) is 4.64. The molecule has 0 saturated heterocycles. The van der Waals surface area contributed by atoms with Crippen LogP contribution in [-0.4, -0.2) is 10.7 Å². The number of rotatable bonds is 0. The Hall–Kier alpha value is -0.600. The van der Waals surface area contributed by atoms with Crippen LogP contribution < -0.4 is 0 Å². The summed E-state index contributed by atoms with van der Waals surface area (Å²) in [4.78, 5) is 0. The third-order valence-electron chi connectivity index (χ3n) is 2.60. The van der Waals surface area contributed by atoms with E-state index in [1.54, 1.807) is 0 Å². The summed E-state index contributed by atoms with van der Waals surface area (Å²) in [5.74, 6) is 0. The molecule has 0 aromatic heterocycles. The van der Waals surface area contributed by atoms with Crippen molar-refractivity contribution in [1.29, 1.82) is 0 Å². The molecule has 0 bridgehead atoms. The Balaban J connectivity index is 2.52. The van der Waals surface area contributed by atoms with Gasteiger partial charge in [-0.2, -0.15) is 0 Å². The predicted molar refractivity (Wildman–Crippen MR) is 62.1 cm³/mol. The van der Waals surface area contributed by atoms with Gasteiger partial charge in [0.05, 0.1) is 0 Å². The first kappa shape index (κ1) is 9.94. The van der Waals surface area contributed by atoms with Crippen molar-refractivity contribution in [2.45, 2.75) is 19.4 Å². The van der Waals surface area contributed by atoms with Gasteiger partial charge in [-0.1, -0.05) is 54.1 Å². The summed E-state index contributed by atoms with van der Waals surface area (Å²) in [5, 5.41) is 10.4. The van der Waals surface area contributed by atoms with Gasteiger partial charge in [0.25, 0.3) is 0 Å². The van der Waals surface area contributed by atoms with Crippen LogP contribution in [0.15, 0.2) is 46.5 Å². The molecular weight excluding hydrogens is 240 g/mol. The van der Waals surface area contributed by atoms with Crippen molar-refractivity contribution in [3.05, 3.63) is 46.5 Å². The van der Waals surface area contributed by atoms with Gasteiger partial charge in [-0.3, -0.25) is 0 Å². The third kappa shape index (κ3) is 1.43. The highest BCUT2D eigenvalue weighted by molar-refractivity contribution is 9.11. The lowest BCUT2D eigenvalue weighted by Crippen LogP contribution is -2.33. The maximum atomic E-state index is 10.4. The molecule has 0 aromatic carbocycles. The van der Waals surface area contributed by atoms with Crippen molar-refractivity contribution in [3.63, 3.8) is 0 Å². The van der Waals surface area contributed by atoms with Gasteiger partial charge in [-0.05, 0) is 17.7 Å². The molecule has 0 amide bonds. The molecule has 1 unspecified atom stereocenters. The lowest BCUT2D eigenvalue weighted by Gasteiger charge is -2.35. The first-order valence-corrected chi connectivity index (χ1v) is 5.44. The van der Waals surface area contributed by atoms with Crippen LogP contribution in [-0.2, 0) is 0 Å². The fourth-order valence-corrected chi connectivity index (χ4v) is 2.26. The van der Waals surface area contributed by atoms with Gasteiger partial charge in [0.1, 0.15) is 5.60 Å². The van der Waals surface area contributed by atoms with Crippen molar-refractivity contribution in [1.82, 2.24) is 0 Å². The molecule has 0 heterocycles. The lowest BCUT2D eigenvalue weighted by molar-refractivity contribution is 0.175. The van der Waals surface area contributed by atoms with E-state index in [9.17, 15) is 5.11 Å². The summed E-state index contributed by atoms with van der Waals surface area (Å²) in [6.07, 6.45) is 11.8. The topological polar surface area (TPSA) is 20.2 Å². The zero-order chi connectivity index (χ0) is 10.4. The van der Waals surface area contributed by atoms with E-state index in [0.717, 1.165) is 10.1 Å². The molecule has 2 aliphatic carbocycles. The molecule has 0 aliphatic heterocycles. The zero-order valence-corrected chi connectivity index (χ0v) is 9.88. The monoisotopic (exact) mass is 252 g/mol. The van der Waals surface area contributed by atoms with Gasteiger partial charge in [0.15, 0.2) is 0 Å². The van der Waals surface area contributed by atoms with E-state index >= 15 is 0 Å². The fraction of sp³-hybridized carbons (Fsp3) is 0.333. The molecule has 0 aromatic rings. The summed E-state index contributed by atoms with van der Waals surface area (Å²) in [6.45, 7) is 4.24. The van der Waals surface area contributed by atoms with E-state index in [0.29, 0.717) is 0 Å². The van der Waals surface area contributed by atoms with Crippen molar-refractivity contribution in [3.8, 4) is 0 Å². The zero-order valence-electron chi connectivity index (χ0n) is 8.29. The SMILES string of the molecule is CC1(C)C=CC2(O)C(Br)=CC=CC2=C1. The first-order chi connectivity index (χ1) is 6.44. The van der Waals surface area contributed by atoms with Gasteiger partial charge in [-0.25, -0.2) is 0 Å². The molecule has 2 heteroatoms. The molecule has 1 nitrogen and oxygen atoms in total. The molecule has 0 saturated carbocycles. The minimum atomic E-state index is -0.940. The highest BCUT2D eigenvalue weighted by Gasteiger charge is 2.36. The van der Waals surface area contributed by atoms with Crippen LogP contribution >= 0.6 is 15.9 Å². The van der Waals surface area contributed by atoms with Crippen LogP contribution in [0.1, 0.15) is 13.8 Å². The molecule has 2 rings (SSSR count). The average Bonchev–Trinajstić information content (AvgIpc) is 2.09. The number of hydrogen-bond donors (Lipinski definition) is 1. The van der Waals surface area contributed by atoms with E-state index < -0.39 is 5.60 Å². The van der Waals surface area contributed by atoms with Gasteiger partial charge >= 0.3 is 0 Å². The van der Waals surface area contributed by atoms with Crippen LogP contribution in [0.25, 0.3) is 0 Å². The van der Waals surface area contributed by atoms with E-state index in [1.807, 2.05) is 30.4 Å². The second kappa shape index (κ2) is 2.94. The Morgan fingerprint density at radius 3 is 2.71 bits per heavy atom. The second-order valence-corrected chi connectivity index (χ2v) is 5.25. The van der Waals surface area contributed by atoms with Crippen LogP contribution in [0.4, 0.5) is 0 Å². The number of aliphatic hydroxyl groups is 1. The standard InChI is InChI=1S/C12H13BrO/c1-11(2)6-7-12(14)9(8-11)4-3-5-10(12)13/h3-8,14H,1-2H3. The van der Waals surface area contributed by atoms with Crippen molar-refractivity contribution in [2.75, 3.05) is 0 Å². The predicted octanol–water partition coefficient (Wildman–Crippen LogP) is 3.09. The Bertz CT molecular complexity index is 385. The van der Waals surface area contributed by atoms with E-state index in [1.165, 1.54) is 0 Å². The highest BCUT2D eigenvalue weighted by atomic mass is 79.9. The Morgan fingerprint density at radius 1 is 1.29 bits per heavy atom. The third-order valence-corrected chi connectivity index (χ3v) is 3.47. The van der Waals surface area contributed by atoms with E-state index in [2.05, 4.69) is 35.9 Å². The van der Waals surface area contributed by atoms with Gasteiger partial charge in [0, 0.05) is 9.90 Å². The molecular formula is C12H13BrO. The van der Waals surface area contributed by atoms with Crippen molar-refractivity contribution in [2.24, 2.45) is 5.41 Å². The minimum absolute atomic E-state index is 0.0243. The molecule has 0 spiro atoms. The van der Waals surface area contributed by atoms with Crippen LogP contribution in [0.3, 0.4) is 0 Å². The molecule has 0 fully saturated rings. The maximum Gasteiger partial charge on any atom is 0.139 e. The van der Waals surface area contributed by atoms with Crippen molar-refractivity contribution >= 4 is 15.9 Å². The number of fused-ring (bicyclic) bond motifs is 1. The quantitative estimate of drug-likeness (QED) is 0.658. The van der Waals surface area contributed by atoms with Crippen LogP contribution in [0.2, 0.25) is 0 Å². The summed E-state index contributed by atoms with van der Waals surface area (Å²) >= 11 is 3.39. The molecule has 74 valence electrons.